The minimum absolute atomic E-state index is 0.00786. The molecular formula is C12H20N2O3. The lowest BCUT2D eigenvalue weighted by molar-refractivity contribution is 0.0927. The van der Waals surface area contributed by atoms with Crippen molar-refractivity contribution < 1.29 is 14.4 Å². The predicted molar refractivity (Wildman–Crippen MR) is 63.9 cm³/mol. The molecule has 0 saturated heterocycles. The van der Waals surface area contributed by atoms with Gasteiger partial charge < -0.3 is 14.9 Å². The molecule has 1 atom stereocenters. The summed E-state index contributed by atoms with van der Waals surface area (Å²) < 4.78 is 5.02. The minimum atomic E-state index is -0.166. The van der Waals surface area contributed by atoms with Crippen molar-refractivity contribution in [3.8, 4) is 0 Å². The molecule has 1 unspecified atom stereocenters. The molecule has 96 valence electrons. The van der Waals surface area contributed by atoms with E-state index < -0.39 is 0 Å². The van der Waals surface area contributed by atoms with Gasteiger partial charge >= 0.3 is 0 Å². The molecule has 1 aromatic rings. The van der Waals surface area contributed by atoms with Gasteiger partial charge in [-0.25, -0.2) is 0 Å². The minimum Gasteiger partial charge on any atom is -0.396 e. The van der Waals surface area contributed by atoms with E-state index in [1.807, 2.05) is 13.8 Å². The van der Waals surface area contributed by atoms with Crippen molar-refractivity contribution >= 4 is 5.91 Å². The smallest absolute Gasteiger partial charge is 0.257 e. The van der Waals surface area contributed by atoms with Gasteiger partial charge in [-0.3, -0.25) is 4.79 Å². The van der Waals surface area contributed by atoms with Crippen LogP contribution in [-0.2, 0) is 6.42 Å². The van der Waals surface area contributed by atoms with Gasteiger partial charge in [-0.2, -0.15) is 0 Å². The Bertz CT molecular complexity index is 374. The van der Waals surface area contributed by atoms with Crippen molar-refractivity contribution in [3.05, 3.63) is 17.0 Å². The summed E-state index contributed by atoms with van der Waals surface area (Å²) in [5.41, 5.74) is 1.21. The number of hydrogen-bond donors (Lipinski definition) is 2. The Morgan fingerprint density at radius 1 is 1.53 bits per heavy atom. The number of hydrogen-bond acceptors (Lipinski definition) is 4. The van der Waals surface area contributed by atoms with Crippen molar-refractivity contribution in [1.29, 1.82) is 0 Å². The maximum atomic E-state index is 12.1. The number of carbonyl (C=O) groups is 1. The molecule has 0 aliphatic rings. The first kappa shape index (κ1) is 13.7. The van der Waals surface area contributed by atoms with Crippen LogP contribution in [-0.4, -0.2) is 28.8 Å². The Labute approximate surface area is 101 Å². The van der Waals surface area contributed by atoms with Crippen LogP contribution >= 0.6 is 0 Å². The second-order valence-electron chi connectivity index (χ2n) is 4.00. The van der Waals surface area contributed by atoms with E-state index in [9.17, 15) is 4.79 Å². The molecule has 5 nitrogen and oxygen atoms in total. The number of carbonyl (C=O) groups excluding carboxylic acids is 1. The maximum absolute atomic E-state index is 12.1. The number of aliphatic hydroxyl groups excluding tert-OH is 1. The third kappa shape index (κ3) is 3.30. The highest BCUT2D eigenvalue weighted by Crippen LogP contribution is 2.14. The highest BCUT2D eigenvalue weighted by atomic mass is 16.5. The molecule has 0 aliphatic heterocycles. The summed E-state index contributed by atoms with van der Waals surface area (Å²) in [6.45, 7) is 5.71. The van der Waals surface area contributed by atoms with E-state index in [0.29, 0.717) is 29.9 Å². The number of nitrogens with zero attached hydrogens (tertiary/aromatic N) is 1. The van der Waals surface area contributed by atoms with Crippen LogP contribution in [0.25, 0.3) is 0 Å². The molecule has 0 fully saturated rings. The fourth-order valence-electron chi connectivity index (χ4n) is 1.74. The van der Waals surface area contributed by atoms with Crippen molar-refractivity contribution in [3.63, 3.8) is 0 Å². The highest BCUT2D eigenvalue weighted by Gasteiger charge is 2.20. The Hall–Kier alpha value is -1.36. The SMILES string of the molecule is CCc1noc(C)c1C(=O)NC(CC)CCO. The van der Waals surface area contributed by atoms with Gasteiger partial charge in [0.1, 0.15) is 11.3 Å². The van der Waals surface area contributed by atoms with Crippen LogP contribution in [0.1, 0.15) is 48.5 Å². The molecule has 0 aromatic carbocycles. The summed E-state index contributed by atoms with van der Waals surface area (Å²) >= 11 is 0. The summed E-state index contributed by atoms with van der Waals surface area (Å²) in [4.78, 5) is 12.1. The normalized spacial score (nSPS) is 12.5. The van der Waals surface area contributed by atoms with Crippen LogP contribution in [0.5, 0.6) is 0 Å². The molecule has 1 aromatic heterocycles. The lowest BCUT2D eigenvalue weighted by atomic mass is 10.1. The molecule has 1 heterocycles. The second-order valence-corrected chi connectivity index (χ2v) is 4.00. The van der Waals surface area contributed by atoms with Gasteiger partial charge in [0, 0.05) is 12.6 Å². The summed E-state index contributed by atoms with van der Waals surface area (Å²) in [7, 11) is 0. The first-order valence-corrected chi connectivity index (χ1v) is 6.00. The van der Waals surface area contributed by atoms with Crippen LogP contribution in [0.15, 0.2) is 4.52 Å². The molecule has 0 bridgehead atoms. The third-order valence-corrected chi connectivity index (χ3v) is 2.80. The lowest BCUT2D eigenvalue weighted by Gasteiger charge is -2.15. The van der Waals surface area contributed by atoms with E-state index in [0.717, 1.165) is 6.42 Å². The van der Waals surface area contributed by atoms with Gasteiger partial charge in [0.2, 0.25) is 0 Å². The number of aryl methyl sites for hydroxylation is 2. The predicted octanol–water partition coefficient (Wildman–Crippen LogP) is 1.44. The average Bonchev–Trinajstić information content (AvgIpc) is 2.69. The quantitative estimate of drug-likeness (QED) is 0.789. The van der Waals surface area contributed by atoms with Gasteiger partial charge in [-0.1, -0.05) is 19.0 Å². The number of nitrogens with one attached hydrogen (secondary N) is 1. The van der Waals surface area contributed by atoms with Gasteiger partial charge in [0.25, 0.3) is 5.91 Å². The van der Waals surface area contributed by atoms with Crippen molar-refractivity contribution in [2.24, 2.45) is 0 Å². The van der Waals surface area contributed by atoms with Crippen LogP contribution in [0.2, 0.25) is 0 Å². The lowest BCUT2D eigenvalue weighted by Crippen LogP contribution is -2.35. The molecule has 2 N–H and O–H groups in total. The summed E-state index contributed by atoms with van der Waals surface area (Å²) in [6.07, 6.45) is 2.02. The Balaban J connectivity index is 2.78. The molecular weight excluding hydrogens is 220 g/mol. The second kappa shape index (κ2) is 6.39. The number of aromatic nitrogens is 1. The molecule has 0 saturated carbocycles. The average molecular weight is 240 g/mol. The van der Waals surface area contributed by atoms with E-state index in [-0.39, 0.29) is 18.6 Å². The fourth-order valence-corrected chi connectivity index (χ4v) is 1.74. The number of rotatable bonds is 6. The van der Waals surface area contributed by atoms with E-state index in [2.05, 4.69) is 10.5 Å². The van der Waals surface area contributed by atoms with Crippen LogP contribution < -0.4 is 5.32 Å². The summed E-state index contributed by atoms with van der Waals surface area (Å²) in [6, 6.07) is -0.00786. The Morgan fingerprint density at radius 3 is 2.76 bits per heavy atom. The zero-order valence-electron chi connectivity index (χ0n) is 10.6. The third-order valence-electron chi connectivity index (χ3n) is 2.80. The van der Waals surface area contributed by atoms with Gasteiger partial charge in [-0.05, 0) is 26.2 Å². The standard InChI is InChI=1S/C12H20N2O3/c1-4-9(6-7-15)13-12(16)11-8(3)17-14-10(11)5-2/h9,15H,4-7H2,1-3H3,(H,13,16). The number of amides is 1. The summed E-state index contributed by atoms with van der Waals surface area (Å²) in [5.74, 6) is 0.374. The topological polar surface area (TPSA) is 75.4 Å². The van der Waals surface area contributed by atoms with E-state index >= 15 is 0 Å². The van der Waals surface area contributed by atoms with Gasteiger partial charge in [-0.15, -0.1) is 0 Å². The van der Waals surface area contributed by atoms with Gasteiger partial charge in [0.05, 0.1) is 5.69 Å². The van der Waals surface area contributed by atoms with E-state index in [4.69, 9.17) is 9.63 Å². The molecule has 5 heteroatoms. The zero-order chi connectivity index (χ0) is 12.8. The first-order chi connectivity index (χ1) is 8.13. The molecule has 17 heavy (non-hydrogen) atoms. The first-order valence-electron chi connectivity index (χ1n) is 6.00. The maximum Gasteiger partial charge on any atom is 0.257 e. The largest absolute Gasteiger partial charge is 0.396 e. The Morgan fingerprint density at radius 2 is 2.24 bits per heavy atom. The van der Waals surface area contributed by atoms with Gasteiger partial charge in [0.15, 0.2) is 0 Å². The molecule has 0 radical (unpaired) electrons. The van der Waals surface area contributed by atoms with Crippen molar-refractivity contribution in [2.45, 2.75) is 46.1 Å². The monoisotopic (exact) mass is 240 g/mol. The zero-order valence-corrected chi connectivity index (χ0v) is 10.6. The molecule has 0 spiro atoms. The molecule has 1 amide bonds. The Kier molecular flexibility index (Phi) is 5.15. The van der Waals surface area contributed by atoms with Crippen LogP contribution in [0.3, 0.4) is 0 Å². The highest BCUT2D eigenvalue weighted by molar-refractivity contribution is 5.96. The van der Waals surface area contributed by atoms with Crippen molar-refractivity contribution in [1.82, 2.24) is 10.5 Å². The van der Waals surface area contributed by atoms with Crippen LogP contribution in [0.4, 0.5) is 0 Å². The molecule has 1 rings (SSSR count). The fraction of sp³-hybridized carbons (Fsp3) is 0.667. The van der Waals surface area contributed by atoms with E-state index in [1.54, 1.807) is 6.92 Å². The van der Waals surface area contributed by atoms with E-state index in [1.165, 1.54) is 0 Å². The summed E-state index contributed by atoms with van der Waals surface area (Å²) in [5, 5.41) is 15.6. The number of aliphatic hydroxyl groups is 1. The van der Waals surface area contributed by atoms with Crippen molar-refractivity contribution in [2.75, 3.05) is 6.61 Å². The molecule has 0 aliphatic carbocycles. The van der Waals surface area contributed by atoms with Crippen LogP contribution in [0, 0.1) is 6.92 Å².